The first-order valence-corrected chi connectivity index (χ1v) is 22.1. The van der Waals surface area contributed by atoms with Crippen LogP contribution in [0.4, 0.5) is 0 Å². The van der Waals surface area contributed by atoms with Gasteiger partial charge in [0.05, 0.1) is 57.3 Å². The summed E-state index contributed by atoms with van der Waals surface area (Å²) >= 11 is 0. The van der Waals surface area contributed by atoms with Crippen molar-refractivity contribution in [2.24, 2.45) is 5.73 Å². The van der Waals surface area contributed by atoms with Crippen molar-refractivity contribution in [3.05, 3.63) is 0 Å². The lowest BCUT2D eigenvalue weighted by atomic mass is 9.88. The number of nitrogens with two attached hydrogens (primary N) is 1. The molecule has 0 spiro atoms. The number of carbonyl (C=O) groups excluding carboxylic acids is 3. The Kier molecular flexibility index (Phi) is 21.4. The topological polar surface area (TPSA) is 542 Å². The zero-order valence-electron chi connectivity index (χ0n) is 38.6. The molecule has 0 aromatic heterocycles. The van der Waals surface area contributed by atoms with Gasteiger partial charge in [-0.3, -0.25) is 19.2 Å². The smallest absolute Gasteiger partial charge is 0.364 e. The number of carboxylic acid groups (broad SMARTS) is 3. The molecule has 0 aromatic rings. The first-order chi connectivity index (χ1) is 33.6. The van der Waals surface area contributed by atoms with E-state index < -0.39 is 221 Å². The molecule has 72 heavy (non-hydrogen) atoms. The summed E-state index contributed by atoms with van der Waals surface area (Å²) in [6.45, 7) is -2.67. The first-order valence-electron chi connectivity index (χ1n) is 22.1. The van der Waals surface area contributed by atoms with Gasteiger partial charge in [-0.05, 0) is 0 Å². The molecule has 4 rings (SSSR count). The third-order valence-electron chi connectivity index (χ3n) is 12.1. The zero-order chi connectivity index (χ0) is 54.3. The average molecular weight is 1050 g/mol. The molecule has 4 saturated heterocycles. The van der Waals surface area contributed by atoms with Crippen LogP contribution in [0.2, 0.25) is 0 Å². The van der Waals surface area contributed by atoms with Gasteiger partial charge in [-0.15, -0.1) is 0 Å². The van der Waals surface area contributed by atoms with E-state index in [2.05, 4.69) is 16.0 Å². The average Bonchev–Trinajstić information content (AvgIpc) is 3.31. The fourth-order valence-corrected chi connectivity index (χ4v) is 8.44. The van der Waals surface area contributed by atoms with E-state index in [1.54, 1.807) is 0 Å². The van der Waals surface area contributed by atoms with Crippen LogP contribution in [0.3, 0.4) is 0 Å². The summed E-state index contributed by atoms with van der Waals surface area (Å²) in [7, 11) is 0. The molecule has 4 aliphatic rings. The highest BCUT2D eigenvalue weighted by atomic mass is 16.8. The maximum absolute atomic E-state index is 13.0. The number of carboxylic acids is 3. The second-order valence-electron chi connectivity index (χ2n) is 17.5. The Morgan fingerprint density at radius 2 is 1.08 bits per heavy atom. The lowest BCUT2D eigenvalue weighted by Crippen LogP contribution is -2.71. The van der Waals surface area contributed by atoms with Gasteiger partial charge in [-0.1, -0.05) is 0 Å². The zero-order valence-corrected chi connectivity index (χ0v) is 38.6. The molecule has 4 fully saturated rings. The minimum atomic E-state index is -3.24. The van der Waals surface area contributed by atoms with Crippen molar-refractivity contribution >= 4 is 35.6 Å². The van der Waals surface area contributed by atoms with Gasteiger partial charge in [0.1, 0.15) is 91.4 Å². The molecule has 0 aliphatic carbocycles. The molecule has 4 aliphatic heterocycles. The summed E-state index contributed by atoms with van der Waals surface area (Å²) in [5.74, 6) is -14.6. The third-order valence-corrected chi connectivity index (χ3v) is 12.1. The van der Waals surface area contributed by atoms with E-state index in [0.717, 1.165) is 20.8 Å². The summed E-state index contributed by atoms with van der Waals surface area (Å²) in [6.07, 6.45) is -38.7. The van der Waals surface area contributed by atoms with E-state index in [0.29, 0.717) is 0 Å². The van der Waals surface area contributed by atoms with Crippen LogP contribution in [0.25, 0.3) is 0 Å². The number of aliphatic hydroxyl groups is 12. The van der Waals surface area contributed by atoms with E-state index in [9.17, 15) is 105 Å². The van der Waals surface area contributed by atoms with Crippen molar-refractivity contribution in [3.63, 3.8) is 0 Å². The van der Waals surface area contributed by atoms with E-state index in [1.807, 2.05) is 0 Å². The van der Waals surface area contributed by atoms with E-state index in [4.69, 9.17) is 43.6 Å². The van der Waals surface area contributed by atoms with Crippen LogP contribution in [-0.4, -0.2) is 285 Å². The van der Waals surface area contributed by atoms with Crippen molar-refractivity contribution in [2.45, 2.75) is 173 Å². The van der Waals surface area contributed by atoms with Crippen molar-refractivity contribution < 1.29 is 143 Å². The SMILES string of the molecule is CC(=O)N[C@H]1[C@@H](OC[C@H](N)C(=O)O)O[C@H](CO[C@]2(C(=O)O)C[C@H](O)[C@@H](NC(C)=O)[C@H]([C@H](O)[C@H](O)CO)O2)[C@H](O)[C@@H]1O[C@@H]1O[C@H](CO)[C@H](O)[C@H](O[C@]2(C(=O)O)C[C@H](O)[C@@H](NC(C)=O)[C@H]([C@H](O)[C@H](O)CO)O2)[C@H]1O. The molecule has 414 valence electrons. The molecular weight excluding hydrogens is 988 g/mol. The summed E-state index contributed by atoms with van der Waals surface area (Å²) in [6, 6.07) is -6.98. The summed E-state index contributed by atoms with van der Waals surface area (Å²) in [4.78, 5) is 74.3. The molecule has 0 radical (unpaired) electrons. The molecule has 0 aromatic carbocycles. The highest BCUT2D eigenvalue weighted by Gasteiger charge is 2.61. The highest BCUT2D eigenvalue weighted by molar-refractivity contribution is 5.77. The van der Waals surface area contributed by atoms with Crippen LogP contribution >= 0.6 is 0 Å². The number of rotatable bonds is 23. The largest absolute Gasteiger partial charge is 0.480 e. The highest BCUT2D eigenvalue weighted by Crippen LogP contribution is 2.39. The minimum absolute atomic E-state index is 0.818. The standard InChI is InChI=1S/C39H64N4O29/c1-11(47)41-21-15(50)4-38(36(61)62,70-30(21)24(54)17(52)6-44)66-10-20-27(57)29(23(43-13(3)49)34(68-20)65-9-14(40)33(59)60)69-35-28(58)32(26(56)19(8-46)67-35)72-39(37(63)64)5-16(51)22(42-12(2)48)31(71-39)25(55)18(53)7-45/h14-32,34-35,44-46,50-58H,4-10,40H2,1-3H3,(H,41,47)(H,42,48)(H,43,49)(H,59,60)(H,61,62)(H,63,64)/t14-,15-,16-,17+,18+,19+,20+,21+,22+,23+,24+,25+,26-,27-,28+,29+,30+,31+,32-,34-,35-,38+,39-/m0/s1. The third kappa shape index (κ3) is 13.8. The molecule has 0 bridgehead atoms. The Hall–Kier alpha value is -4.02. The quantitative estimate of drug-likeness (QED) is 0.0452. The van der Waals surface area contributed by atoms with Crippen molar-refractivity contribution in [3.8, 4) is 0 Å². The Morgan fingerprint density at radius 3 is 1.53 bits per heavy atom. The van der Waals surface area contributed by atoms with Gasteiger partial charge in [0.25, 0.3) is 11.6 Å². The van der Waals surface area contributed by atoms with Gasteiger partial charge < -0.3 is 136 Å². The normalized spacial score (nSPS) is 39.3. The maximum atomic E-state index is 13.0. The molecule has 0 saturated carbocycles. The molecule has 20 N–H and O–H groups in total. The van der Waals surface area contributed by atoms with Gasteiger partial charge in [-0.2, -0.15) is 0 Å². The van der Waals surface area contributed by atoms with E-state index >= 15 is 0 Å². The number of amides is 3. The fourth-order valence-electron chi connectivity index (χ4n) is 8.44. The molecular formula is C39H64N4O29. The number of hydrogen-bond acceptors (Lipinski definition) is 27. The summed E-state index contributed by atoms with van der Waals surface area (Å²) < 4.78 is 45.5. The maximum Gasteiger partial charge on any atom is 0.364 e. The van der Waals surface area contributed by atoms with Gasteiger partial charge in [0, 0.05) is 33.6 Å². The number of aliphatic hydroxyl groups excluding tert-OH is 12. The van der Waals surface area contributed by atoms with Crippen molar-refractivity contribution in [1.29, 1.82) is 0 Å². The lowest BCUT2D eigenvalue weighted by Gasteiger charge is -2.51. The lowest BCUT2D eigenvalue weighted by molar-refractivity contribution is -0.382. The molecule has 4 heterocycles. The van der Waals surface area contributed by atoms with Crippen LogP contribution in [0.1, 0.15) is 33.6 Å². The number of carbonyl (C=O) groups is 6. The predicted molar refractivity (Wildman–Crippen MR) is 222 cm³/mol. The summed E-state index contributed by atoms with van der Waals surface area (Å²) in [5.41, 5.74) is 5.63. The second kappa shape index (κ2) is 25.5. The molecule has 23 atom stereocenters. The van der Waals surface area contributed by atoms with Crippen molar-refractivity contribution in [1.82, 2.24) is 16.0 Å². The van der Waals surface area contributed by atoms with Gasteiger partial charge in [-0.25, -0.2) is 9.59 Å². The van der Waals surface area contributed by atoms with Crippen molar-refractivity contribution in [2.75, 3.05) is 33.0 Å². The Labute approximate surface area is 406 Å². The minimum Gasteiger partial charge on any atom is -0.480 e. The molecule has 33 nitrogen and oxygen atoms in total. The Balaban J connectivity index is 1.76. The van der Waals surface area contributed by atoms with Crippen LogP contribution in [0.15, 0.2) is 0 Å². The fraction of sp³-hybridized carbons (Fsp3) is 0.846. The number of hydrogen-bond donors (Lipinski definition) is 19. The van der Waals surface area contributed by atoms with E-state index in [-0.39, 0.29) is 0 Å². The number of ether oxygens (including phenoxy) is 8. The Morgan fingerprint density at radius 1 is 0.639 bits per heavy atom. The predicted octanol–water partition coefficient (Wildman–Crippen LogP) is -11.5. The second-order valence-corrected chi connectivity index (χ2v) is 17.5. The molecule has 33 heteroatoms. The molecule has 3 amide bonds. The van der Waals surface area contributed by atoms with Crippen LogP contribution in [0, 0.1) is 0 Å². The van der Waals surface area contributed by atoms with E-state index in [1.165, 1.54) is 0 Å². The molecule has 0 unspecified atom stereocenters. The number of nitrogens with one attached hydrogen (secondary N) is 3. The van der Waals surface area contributed by atoms with Gasteiger partial charge in [0.2, 0.25) is 17.7 Å². The Bertz CT molecular complexity index is 1870. The van der Waals surface area contributed by atoms with Gasteiger partial charge in [0.15, 0.2) is 12.6 Å². The monoisotopic (exact) mass is 1050 g/mol. The van der Waals surface area contributed by atoms with Crippen LogP contribution < -0.4 is 21.7 Å². The first kappa shape index (κ1) is 60.5. The summed E-state index contributed by atoms with van der Waals surface area (Å²) in [5, 5.41) is 166. The van der Waals surface area contributed by atoms with Crippen LogP contribution in [0.5, 0.6) is 0 Å². The number of aliphatic carboxylic acids is 3. The van der Waals surface area contributed by atoms with Gasteiger partial charge >= 0.3 is 17.9 Å². The van der Waals surface area contributed by atoms with Crippen LogP contribution in [-0.2, 0) is 66.7 Å².